The summed E-state index contributed by atoms with van der Waals surface area (Å²) in [5.74, 6) is -0.264. The molecule has 130 valence electrons. The van der Waals surface area contributed by atoms with E-state index in [4.69, 9.17) is 9.47 Å². The molecule has 1 aliphatic heterocycles. The molecule has 0 bridgehead atoms. The Balaban J connectivity index is 1.60. The van der Waals surface area contributed by atoms with Crippen molar-refractivity contribution >= 4 is 17.6 Å². The van der Waals surface area contributed by atoms with E-state index in [9.17, 15) is 9.59 Å². The average Bonchev–Trinajstić information content (AvgIpc) is 2.67. The van der Waals surface area contributed by atoms with E-state index in [2.05, 4.69) is 0 Å². The number of fused-ring (bicyclic) bond motifs is 1. The van der Waals surface area contributed by atoms with Gasteiger partial charge in [0.2, 0.25) is 0 Å². The second kappa shape index (κ2) is 7.38. The monoisotopic (exact) mass is 339 g/mol. The Morgan fingerprint density at radius 2 is 1.80 bits per heavy atom. The number of benzene rings is 2. The van der Waals surface area contributed by atoms with Gasteiger partial charge >= 0.3 is 5.97 Å². The zero-order valence-electron chi connectivity index (χ0n) is 14.3. The van der Waals surface area contributed by atoms with Gasteiger partial charge in [-0.05, 0) is 37.1 Å². The summed E-state index contributed by atoms with van der Waals surface area (Å²) in [6.45, 7) is 1.86. The van der Waals surface area contributed by atoms with E-state index in [0.29, 0.717) is 6.42 Å². The summed E-state index contributed by atoms with van der Waals surface area (Å²) >= 11 is 0. The van der Waals surface area contributed by atoms with Crippen LogP contribution in [-0.4, -0.2) is 31.6 Å². The Bertz CT molecular complexity index is 759. The number of para-hydroxylation sites is 2. The number of rotatable bonds is 4. The van der Waals surface area contributed by atoms with Crippen molar-refractivity contribution in [3.05, 3.63) is 60.2 Å². The van der Waals surface area contributed by atoms with E-state index in [1.165, 1.54) is 4.90 Å². The van der Waals surface area contributed by atoms with Crippen molar-refractivity contribution in [3.8, 4) is 5.75 Å². The summed E-state index contributed by atoms with van der Waals surface area (Å²) in [6.07, 6.45) is -0.292. The Labute approximate surface area is 147 Å². The predicted octanol–water partition coefficient (Wildman–Crippen LogP) is 2.83. The summed E-state index contributed by atoms with van der Waals surface area (Å²) in [7, 11) is 1.67. The van der Waals surface area contributed by atoms with Crippen molar-refractivity contribution in [1.29, 1.82) is 0 Å². The second-order valence-corrected chi connectivity index (χ2v) is 6.13. The van der Waals surface area contributed by atoms with Gasteiger partial charge in [0, 0.05) is 12.7 Å². The van der Waals surface area contributed by atoms with Crippen LogP contribution in [0.15, 0.2) is 54.6 Å². The maximum atomic E-state index is 12.5. The first-order chi connectivity index (χ1) is 12.1. The number of esters is 1. The summed E-state index contributed by atoms with van der Waals surface area (Å²) in [6, 6.07) is 16.9. The fourth-order valence-corrected chi connectivity index (χ4v) is 2.85. The van der Waals surface area contributed by atoms with Crippen LogP contribution in [0.5, 0.6) is 5.75 Å². The number of amides is 1. The molecule has 2 aromatic carbocycles. The van der Waals surface area contributed by atoms with Crippen molar-refractivity contribution < 1.29 is 19.1 Å². The second-order valence-electron chi connectivity index (χ2n) is 6.13. The zero-order valence-corrected chi connectivity index (χ0v) is 14.3. The Morgan fingerprint density at radius 1 is 1.12 bits per heavy atom. The number of nitrogens with zero attached hydrogens (tertiary/aromatic N) is 1. The molecular weight excluding hydrogens is 318 g/mol. The van der Waals surface area contributed by atoms with Gasteiger partial charge in [-0.15, -0.1) is 0 Å². The van der Waals surface area contributed by atoms with Crippen molar-refractivity contribution in [1.82, 2.24) is 0 Å². The highest BCUT2D eigenvalue weighted by atomic mass is 16.6. The summed E-state index contributed by atoms with van der Waals surface area (Å²) in [5.41, 5.74) is 1.74. The smallest absolute Gasteiger partial charge is 0.313 e. The van der Waals surface area contributed by atoms with Crippen molar-refractivity contribution in [2.45, 2.75) is 19.4 Å². The summed E-state index contributed by atoms with van der Waals surface area (Å²) < 4.78 is 11.0. The maximum absolute atomic E-state index is 12.5. The van der Waals surface area contributed by atoms with Crippen LogP contribution in [0.3, 0.4) is 0 Å². The van der Waals surface area contributed by atoms with Gasteiger partial charge < -0.3 is 14.4 Å². The molecule has 1 amide bonds. The highest BCUT2D eigenvalue weighted by Crippen LogP contribution is 2.27. The minimum atomic E-state index is -0.852. The SMILES string of the molecule is CC(OC(=O)C1COc2ccccc2C1)C(=O)N(C)c1ccccc1. The number of carbonyl (C=O) groups is 2. The van der Waals surface area contributed by atoms with Gasteiger partial charge in [-0.3, -0.25) is 9.59 Å². The first-order valence-corrected chi connectivity index (χ1v) is 8.30. The molecule has 5 heteroatoms. The first-order valence-electron chi connectivity index (χ1n) is 8.30. The highest BCUT2D eigenvalue weighted by Gasteiger charge is 2.30. The molecule has 1 aliphatic rings. The van der Waals surface area contributed by atoms with E-state index in [0.717, 1.165) is 17.0 Å². The summed E-state index contributed by atoms with van der Waals surface area (Å²) in [4.78, 5) is 26.4. The largest absolute Gasteiger partial charge is 0.492 e. The van der Waals surface area contributed by atoms with Crippen LogP contribution < -0.4 is 9.64 Å². The van der Waals surface area contributed by atoms with Crippen molar-refractivity contribution in [2.75, 3.05) is 18.6 Å². The molecular formula is C20H21NO4. The molecule has 2 aromatic rings. The molecule has 0 spiro atoms. The zero-order chi connectivity index (χ0) is 17.8. The van der Waals surface area contributed by atoms with E-state index < -0.39 is 18.0 Å². The van der Waals surface area contributed by atoms with Crippen LogP contribution >= 0.6 is 0 Å². The lowest BCUT2D eigenvalue weighted by atomic mass is 9.97. The number of hydrogen-bond donors (Lipinski definition) is 0. The lowest BCUT2D eigenvalue weighted by molar-refractivity contribution is -0.159. The molecule has 0 aromatic heterocycles. The van der Waals surface area contributed by atoms with Crippen molar-refractivity contribution in [3.63, 3.8) is 0 Å². The third kappa shape index (κ3) is 3.82. The number of anilines is 1. The Hall–Kier alpha value is -2.82. The van der Waals surface area contributed by atoms with E-state index in [-0.39, 0.29) is 12.5 Å². The van der Waals surface area contributed by atoms with Crippen LogP contribution in [0.4, 0.5) is 5.69 Å². The molecule has 0 fully saturated rings. The Morgan fingerprint density at radius 3 is 2.56 bits per heavy atom. The van der Waals surface area contributed by atoms with E-state index >= 15 is 0 Å². The molecule has 5 nitrogen and oxygen atoms in total. The molecule has 0 radical (unpaired) electrons. The molecule has 3 rings (SSSR count). The van der Waals surface area contributed by atoms with Crippen LogP contribution in [0.1, 0.15) is 12.5 Å². The van der Waals surface area contributed by atoms with Gasteiger partial charge in [-0.2, -0.15) is 0 Å². The van der Waals surface area contributed by atoms with Gasteiger partial charge in [-0.1, -0.05) is 36.4 Å². The number of hydrogen-bond acceptors (Lipinski definition) is 4. The lowest BCUT2D eigenvalue weighted by Gasteiger charge is -2.26. The van der Waals surface area contributed by atoms with Gasteiger partial charge in [-0.25, -0.2) is 0 Å². The average molecular weight is 339 g/mol. The van der Waals surface area contributed by atoms with Crippen molar-refractivity contribution in [2.24, 2.45) is 5.92 Å². The number of carbonyl (C=O) groups excluding carboxylic acids is 2. The van der Waals surface area contributed by atoms with Gasteiger partial charge in [0.1, 0.15) is 12.4 Å². The summed E-state index contributed by atoms with van der Waals surface area (Å²) in [5, 5.41) is 0. The van der Waals surface area contributed by atoms with E-state index in [1.54, 1.807) is 14.0 Å². The fraction of sp³-hybridized carbons (Fsp3) is 0.300. The van der Waals surface area contributed by atoms with Crippen LogP contribution in [0.2, 0.25) is 0 Å². The molecule has 0 N–H and O–H groups in total. The molecule has 2 unspecified atom stereocenters. The predicted molar refractivity (Wildman–Crippen MR) is 94.5 cm³/mol. The van der Waals surface area contributed by atoms with Crippen LogP contribution in [0.25, 0.3) is 0 Å². The van der Waals surface area contributed by atoms with E-state index in [1.807, 2.05) is 54.6 Å². The minimum absolute atomic E-state index is 0.267. The Kier molecular flexibility index (Phi) is 5.03. The van der Waals surface area contributed by atoms with Gasteiger partial charge in [0.15, 0.2) is 6.10 Å². The van der Waals surface area contributed by atoms with Crippen LogP contribution in [-0.2, 0) is 20.7 Å². The van der Waals surface area contributed by atoms with Gasteiger partial charge in [0.25, 0.3) is 5.91 Å². The molecule has 0 saturated carbocycles. The molecule has 0 saturated heterocycles. The third-order valence-corrected chi connectivity index (χ3v) is 4.33. The molecule has 2 atom stereocenters. The topological polar surface area (TPSA) is 55.8 Å². The highest BCUT2D eigenvalue weighted by molar-refractivity contribution is 5.96. The lowest BCUT2D eigenvalue weighted by Crippen LogP contribution is -2.40. The number of likely N-dealkylation sites (N-methyl/N-ethyl adjacent to an activating group) is 1. The minimum Gasteiger partial charge on any atom is -0.492 e. The first kappa shape index (κ1) is 17.0. The molecule has 0 aliphatic carbocycles. The standard InChI is InChI=1S/C20H21NO4/c1-14(19(22)21(2)17-9-4-3-5-10-17)25-20(23)16-12-15-8-6-7-11-18(15)24-13-16/h3-11,14,16H,12-13H2,1-2H3. The molecule has 25 heavy (non-hydrogen) atoms. The van der Waals surface area contributed by atoms with Crippen LogP contribution in [0, 0.1) is 5.92 Å². The quantitative estimate of drug-likeness (QED) is 0.804. The number of ether oxygens (including phenoxy) is 2. The van der Waals surface area contributed by atoms with Gasteiger partial charge in [0.05, 0.1) is 5.92 Å². The molecule has 1 heterocycles. The fourth-order valence-electron chi connectivity index (χ4n) is 2.85. The normalized spacial score (nSPS) is 17.0. The third-order valence-electron chi connectivity index (χ3n) is 4.33. The maximum Gasteiger partial charge on any atom is 0.313 e.